The van der Waals surface area contributed by atoms with Gasteiger partial charge in [0.1, 0.15) is 6.04 Å². The normalized spacial score (nSPS) is 13.3. The van der Waals surface area contributed by atoms with E-state index >= 15 is 0 Å². The number of carbonyl (C=O) groups excluding carboxylic acids is 1. The quantitative estimate of drug-likeness (QED) is 0.668. The van der Waals surface area contributed by atoms with Gasteiger partial charge in [0, 0.05) is 5.54 Å². The molecular weight excluding hydrogens is 220 g/mol. The highest BCUT2D eigenvalue weighted by molar-refractivity contribution is 5.83. The van der Waals surface area contributed by atoms with Crippen LogP contribution in [0.1, 0.15) is 47.5 Å². The molecule has 2 amide bonds. The molecule has 0 aliphatic rings. The third-order valence-corrected chi connectivity index (χ3v) is 3.20. The molecule has 0 spiro atoms. The summed E-state index contributed by atoms with van der Waals surface area (Å²) in [5, 5.41) is 14.3. The molecule has 0 rings (SSSR count). The van der Waals surface area contributed by atoms with Crippen molar-refractivity contribution in [1.29, 1.82) is 0 Å². The SMILES string of the molecule is CCC(C)(CC)NC(=O)N[C@H](C(=O)O)C(C)C. The van der Waals surface area contributed by atoms with E-state index < -0.39 is 18.0 Å². The highest BCUT2D eigenvalue weighted by atomic mass is 16.4. The van der Waals surface area contributed by atoms with Gasteiger partial charge in [-0.3, -0.25) is 0 Å². The third-order valence-electron chi connectivity index (χ3n) is 3.20. The zero-order valence-corrected chi connectivity index (χ0v) is 11.3. The Morgan fingerprint density at radius 1 is 1.24 bits per heavy atom. The van der Waals surface area contributed by atoms with Gasteiger partial charge in [-0.05, 0) is 25.7 Å². The average Bonchev–Trinajstić information content (AvgIpc) is 2.24. The van der Waals surface area contributed by atoms with Gasteiger partial charge < -0.3 is 15.7 Å². The molecule has 1 atom stereocenters. The molecule has 0 radical (unpaired) electrons. The zero-order chi connectivity index (χ0) is 13.6. The van der Waals surface area contributed by atoms with Crippen LogP contribution in [0.3, 0.4) is 0 Å². The summed E-state index contributed by atoms with van der Waals surface area (Å²) in [6, 6.07) is -1.27. The van der Waals surface area contributed by atoms with Crippen LogP contribution in [0.5, 0.6) is 0 Å². The summed E-state index contributed by atoms with van der Waals surface area (Å²) in [5.41, 5.74) is -0.288. The van der Waals surface area contributed by atoms with Crippen molar-refractivity contribution in [3.8, 4) is 0 Å². The van der Waals surface area contributed by atoms with Crippen LogP contribution in [0.2, 0.25) is 0 Å². The molecule has 0 saturated carbocycles. The molecule has 0 fully saturated rings. The molecule has 0 aromatic heterocycles. The van der Waals surface area contributed by atoms with E-state index in [4.69, 9.17) is 5.11 Å². The molecule has 100 valence electrons. The monoisotopic (exact) mass is 244 g/mol. The molecule has 0 heterocycles. The third kappa shape index (κ3) is 5.06. The van der Waals surface area contributed by atoms with Gasteiger partial charge in [-0.1, -0.05) is 27.7 Å². The summed E-state index contributed by atoms with van der Waals surface area (Å²) < 4.78 is 0. The second kappa shape index (κ2) is 6.47. The predicted octanol–water partition coefficient (Wildman–Crippen LogP) is 1.97. The molecule has 5 heteroatoms. The Kier molecular flexibility index (Phi) is 5.99. The fraction of sp³-hybridized carbons (Fsp3) is 0.833. The van der Waals surface area contributed by atoms with E-state index in [1.54, 1.807) is 13.8 Å². The lowest BCUT2D eigenvalue weighted by molar-refractivity contribution is -0.140. The van der Waals surface area contributed by atoms with Gasteiger partial charge in [-0.25, -0.2) is 9.59 Å². The molecule has 0 aromatic rings. The van der Waals surface area contributed by atoms with Gasteiger partial charge in [-0.15, -0.1) is 0 Å². The Morgan fingerprint density at radius 3 is 2.00 bits per heavy atom. The minimum atomic E-state index is -1.01. The number of hydrogen-bond donors (Lipinski definition) is 3. The van der Waals surface area contributed by atoms with Crippen molar-refractivity contribution in [1.82, 2.24) is 10.6 Å². The van der Waals surface area contributed by atoms with Gasteiger partial charge in [0.05, 0.1) is 0 Å². The first-order valence-electron chi connectivity index (χ1n) is 6.07. The molecule has 0 aromatic carbocycles. The first-order chi connectivity index (χ1) is 7.75. The van der Waals surface area contributed by atoms with Crippen molar-refractivity contribution in [2.45, 2.75) is 59.0 Å². The van der Waals surface area contributed by atoms with Crippen LogP contribution in [0.4, 0.5) is 4.79 Å². The largest absolute Gasteiger partial charge is 0.480 e. The predicted molar refractivity (Wildman–Crippen MR) is 66.9 cm³/mol. The van der Waals surface area contributed by atoms with E-state index in [1.165, 1.54) is 0 Å². The minimum absolute atomic E-state index is 0.146. The fourth-order valence-electron chi connectivity index (χ4n) is 1.39. The van der Waals surface area contributed by atoms with Crippen LogP contribution in [0.25, 0.3) is 0 Å². The zero-order valence-electron chi connectivity index (χ0n) is 11.3. The summed E-state index contributed by atoms with van der Waals surface area (Å²) in [6.45, 7) is 9.44. The van der Waals surface area contributed by atoms with E-state index in [9.17, 15) is 9.59 Å². The van der Waals surface area contributed by atoms with Crippen LogP contribution in [0, 0.1) is 5.92 Å². The number of hydrogen-bond acceptors (Lipinski definition) is 2. The van der Waals surface area contributed by atoms with Gasteiger partial charge in [-0.2, -0.15) is 0 Å². The van der Waals surface area contributed by atoms with Crippen LogP contribution in [-0.2, 0) is 4.79 Å². The average molecular weight is 244 g/mol. The highest BCUT2D eigenvalue weighted by Gasteiger charge is 2.27. The van der Waals surface area contributed by atoms with E-state index in [1.807, 2.05) is 20.8 Å². The number of aliphatic carboxylic acids is 1. The smallest absolute Gasteiger partial charge is 0.326 e. The molecule has 0 bridgehead atoms. The Morgan fingerprint density at radius 2 is 1.71 bits per heavy atom. The molecule has 17 heavy (non-hydrogen) atoms. The standard InChI is InChI=1S/C12H24N2O3/c1-6-12(5,7-2)14-11(17)13-9(8(3)4)10(15)16/h8-9H,6-7H2,1-5H3,(H,15,16)(H2,13,14,17)/t9-/m0/s1. The number of nitrogens with one attached hydrogen (secondary N) is 2. The van der Waals surface area contributed by atoms with E-state index in [2.05, 4.69) is 10.6 Å². The topological polar surface area (TPSA) is 78.4 Å². The van der Waals surface area contributed by atoms with Crippen LogP contribution in [0.15, 0.2) is 0 Å². The van der Waals surface area contributed by atoms with E-state index in [-0.39, 0.29) is 11.5 Å². The second-order valence-corrected chi connectivity index (χ2v) is 4.93. The Labute approximate surface area is 103 Å². The Balaban J connectivity index is 4.48. The number of carboxylic acids is 1. The molecule has 0 aliphatic carbocycles. The summed E-state index contributed by atoms with van der Waals surface area (Å²) >= 11 is 0. The van der Waals surface area contributed by atoms with Crippen molar-refractivity contribution in [3.05, 3.63) is 0 Å². The summed E-state index contributed by atoms with van der Waals surface area (Å²) in [7, 11) is 0. The first-order valence-corrected chi connectivity index (χ1v) is 6.07. The summed E-state index contributed by atoms with van der Waals surface area (Å²) in [5.74, 6) is -1.15. The molecule has 3 N–H and O–H groups in total. The number of rotatable bonds is 6. The Bertz CT molecular complexity index is 273. The number of amides is 2. The van der Waals surface area contributed by atoms with Crippen LogP contribution < -0.4 is 10.6 Å². The fourth-order valence-corrected chi connectivity index (χ4v) is 1.39. The van der Waals surface area contributed by atoms with E-state index in [0.717, 1.165) is 12.8 Å². The minimum Gasteiger partial charge on any atom is -0.480 e. The molecule has 5 nitrogen and oxygen atoms in total. The number of carboxylic acid groups (broad SMARTS) is 1. The van der Waals surface area contributed by atoms with Gasteiger partial charge in [0.15, 0.2) is 0 Å². The maximum absolute atomic E-state index is 11.7. The number of carbonyl (C=O) groups is 2. The van der Waals surface area contributed by atoms with Crippen LogP contribution in [-0.4, -0.2) is 28.7 Å². The highest BCUT2D eigenvalue weighted by Crippen LogP contribution is 2.13. The second-order valence-electron chi connectivity index (χ2n) is 4.93. The summed E-state index contributed by atoms with van der Waals surface area (Å²) in [4.78, 5) is 22.6. The maximum atomic E-state index is 11.7. The maximum Gasteiger partial charge on any atom is 0.326 e. The lowest BCUT2D eigenvalue weighted by atomic mass is 9.96. The summed E-state index contributed by atoms with van der Waals surface area (Å²) in [6.07, 6.45) is 1.60. The first kappa shape index (κ1) is 15.7. The van der Waals surface area contributed by atoms with Gasteiger partial charge in [0.25, 0.3) is 0 Å². The van der Waals surface area contributed by atoms with Crippen molar-refractivity contribution in [2.24, 2.45) is 5.92 Å². The van der Waals surface area contributed by atoms with Gasteiger partial charge in [0.2, 0.25) is 0 Å². The van der Waals surface area contributed by atoms with Crippen LogP contribution >= 0.6 is 0 Å². The van der Waals surface area contributed by atoms with Crippen molar-refractivity contribution in [2.75, 3.05) is 0 Å². The van der Waals surface area contributed by atoms with Crippen molar-refractivity contribution < 1.29 is 14.7 Å². The van der Waals surface area contributed by atoms with Gasteiger partial charge >= 0.3 is 12.0 Å². The molecule has 0 aliphatic heterocycles. The van der Waals surface area contributed by atoms with Crippen molar-refractivity contribution >= 4 is 12.0 Å². The van der Waals surface area contributed by atoms with E-state index in [0.29, 0.717) is 0 Å². The molecular formula is C12H24N2O3. The number of urea groups is 1. The Hall–Kier alpha value is -1.26. The lowest BCUT2D eigenvalue weighted by Crippen LogP contribution is -2.54. The van der Waals surface area contributed by atoms with Crippen molar-refractivity contribution in [3.63, 3.8) is 0 Å². The molecule has 0 saturated heterocycles. The molecule has 0 unspecified atom stereocenters. The lowest BCUT2D eigenvalue weighted by Gasteiger charge is -2.29.